The summed E-state index contributed by atoms with van der Waals surface area (Å²) in [5.74, 6) is -0.0177. The van der Waals surface area contributed by atoms with Crippen LogP contribution in [0.2, 0.25) is 0 Å². The summed E-state index contributed by atoms with van der Waals surface area (Å²) in [6, 6.07) is 5.95. The first-order valence-corrected chi connectivity index (χ1v) is 7.27. The number of carboxylic acid groups (broad SMARTS) is 1. The Morgan fingerprint density at radius 3 is 2.85 bits per heavy atom. The molecule has 2 fully saturated rings. The average molecular weight is 276 g/mol. The fourth-order valence-corrected chi connectivity index (χ4v) is 2.78. The van der Waals surface area contributed by atoms with Crippen molar-refractivity contribution in [3.8, 4) is 5.75 Å². The second-order valence-electron chi connectivity index (χ2n) is 5.67. The van der Waals surface area contributed by atoms with Crippen LogP contribution in [-0.4, -0.2) is 30.4 Å². The zero-order chi connectivity index (χ0) is 14.2. The topological polar surface area (TPSA) is 55.8 Å². The molecule has 4 heteroatoms. The first kappa shape index (κ1) is 13.4. The Hall–Kier alpha value is -1.55. The summed E-state index contributed by atoms with van der Waals surface area (Å²) in [6.07, 6.45) is 3.22. The first-order chi connectivity index (χ1) is 9.65. The molecule has 0 amide bonds. The molecule has 0 spiro atoms. The van der Waals surface area contributed by atoms with Crippen molar-refractivity contribution < 1.29 is 19.4 Å². The molecule has 1 aromatic carbocycles. The lowest BCUT2D eigenvalue weighted by Crippen LogP contribution is -2.23. The van der Waals surface area contributed by atoms with E-state index in [1.165, 1.54) is 0 Å². The third-order valence-electron chi connectivity index (χ3n) is 4.31. The van der Waals surface area contributed by atoms with Crippen molar-refractivity contribution in [1.82, 2.24) is 0 Å². The number of aliphatic carboxylic acids is 1. The number of hydrogen-bond acceptors (Lipinski definition) is 3. The lowest BCUT2D eigenvalue weighted by molar-refractivity contribution is -0.140. The van der Waals surface area contributed by atoms with Crippen LogP contribution in [0.1, 0.15) is 37.3 Å². The van der Waals surface area contributed by atoms with Crippen molar-refractivity contribution in [1.29, 1.82) is 0 Å². The van der Waals surface area contributed by atoms with Gasteiger partial charge in [-0.05, 0) is 30.9 Å². The van der Waals surface area contributed by atoms with Crippen LogP contribution in [0.5, 0.6) is 5.75 Å². The minimum Gasteiger partial charge on any atom is -0.488 e. The van der Waals surface area contributed by atoms with E-state index in [0.717, 1.165) is 36.3 Å². The van der Waals surface area contributed by atoms with Gasteiger partial charge in [0.2, 0.25) is 0 Å². The van der Waals surface area contributed by atoms with E-state index in [9.17, 15) is 9.90 Å². The Morgan fingerprint density at radius 2 is 2.30 bits per heavy atom. The van der Waals surface area contributed by atoms with Crippen LogP contribution in [0.4, 0.5) is 0 Å². The fraction of sp³-hybridized carbons (Fsp3) is 0.562. The van der Waals surface area contributed by atoms with Crippen LogP contribution in [0.3, 0.4) is 0 Å². The minimum absolute atomic E-state index is 0.0471. The van der Waals surface area contributed by atoms with Gasteiger partial charge in [0.1, 0.15) is 11.9 Å². The van der Waals surface area contributed by atoms with Gasteiger partial charge in [0.25, 0.3) is 0 Å². The van der Waals surface area contributed by atoms with Crippen LogP contribution >= 0.6 is 0 Å². The quantitative estimate of drug-likeness (QED) is 0.898. The summed E-state index contributed by atoms with van der Waals surface area (Å²) in [7, 11) is 0. The van der Waals surface area contributed by atoms with E-state index in [1.54, 1.807) is 0 Å². The van der Waals surface area contributed by atoms with Gasteiger partial charge in [-0.15, -0.1) is 0 Å². The Bertz CT molecular complexity index is 513. The predicted molar refractivity (Wildman–Crippen MR) is 74.2 cm³/mol. The second-order valence-corrected chi connectivity index (χ2v) is 5.67. The molecule has 0 aromatic heterocycles. The van der Waals surface area contributed by atoms with Crippen LogP contribution in [-0.2, 0) is 21.4 Å². The lowest BCUT2D eigenvalue weighted by atomic mass is 9.93. The maximum Gasteiger partial charge on any atom is 0.314 e. The Labute approximate surface area is 118 Å². The largest absolute Gasteiger partial charge is 0.488 e. The number of aryl methyl sites for hydroxylation is 1. The van der Waals surface area contributed by atoms with Crippen molar-refractivity contribution in [3.05, 3.63) is 29.3 Å². The van der Waals surface area contributed by atoms with E-state index in [1.807, 2.05) is 18.2 Å². The number of rotatable bonds is 5. The van der Waals surface area contributed by atoms with Gasteiger partial charge < -0.3 is 14.6 Å². The fourth-order valence-electron chi connectivity index (χ4n) is 2.78. The molecule has 3 rings (SSSR count). The van der Waals surface area contributed by atoms with Gasteiger partial charge in [-0.25, -0.2) is 0 Å². The van der Waals surface area contributed by atoms with Crippen molar-refractivity contribution in [2.75, 3.05) is 13.2 Å². The van der Waals surface area contributed by atoms with E-state index in [2.05, 4.69) is 6.92 Å². The van der Waals surface area contributed by atoms with Gasteiger partial charge in [-0.2, -0.15) is 0 Å². The van der Waals surface area contributed by atoms with Crippen LogP contribution in [0.25, 0.3) is 0 Å². The highest BCUT2D eigenvalue weighted by molar-refractivity contribution is 5.86. The molecule has 1 saturated heterocycles. The highest BCUT2D eigenvalue weighted by Crippen LogP contribution is 2.52. The Morgan fingerprint density at radius 1 is 1.50 bits per heavy atom. The predicted octanol–water partition coefficient (Wildman–Crippen LogP) is 2.53. The first-order valence-electron chi connectivity index (χ1n) is 7.27. The molecule has 1 saturated carbocycles. The summed E-state index contributed by atoms with van der Waals surface area (Å²) >= 11 is 0. The summed E-state index contributed by atoms with van der Waals surface area (Å²) in [5.41, 5.74) is 1.28. The van der Waals surface area contributed by atoms with Crippen LogP contribution in [0, 0.1) is 0 Å². The van der Waals surface area contributed by atoms with E-state index < -0.39 is 11.4 Å². The normalized spacial score (nSPS) is 23.6. The molecule has 0 unspecified atom stereocenters. The molecular formula is C16H20O4. The zero-order valence-corrected chi connectivity index (χ0v) is 11.7. The Balaban J connectivity index is 1.94. The van der Waals surface area contributed by atoms with Gasteiger partial charge in [0, 0.05) is 12.0 Å². The van der Waals surface area contributed by atoms with E-state index in [4.69, 9.17) is 9.47 Å². The number of carbonyl (C=O) groups is 1. The number of benzene rings is 1. The number of hydrogen-bond donors (Lipinski definition) is 1. The zero-order valence-electron chi connectivity index (χ0n) is 11.7. The molecule has 0 radical (unpaired) electrons. The van der Waals surface area contributed by atoms with Gasteiger partial charge >= 0.3 is 5.97 Å². The molecule has 1 N–H and O–H groups in total. The standard InChI is InChI=1S/C16H20O4/c1-2-11-3-4-14(20-12-5-8-19-10-12)13(9-11)16(6-7-16)15(17)18/h3-4,9,12H,2,5-8,10H2,1H3,(H,17,18)/t12-/m0/s1. The van der Waals surface area contributed by atoms with Crippen molar-refractivity contribution in [2.45, 2.75) is 44.1 Å². The van der Waals surface area contributed by atoms with Gasteiger partial charge in [0.15, 0.2) is 0 Å². The smallest absolute Gasteiger partial charge is 0.314 e. The van der Waals surface area contributed by atoms with Crippen molar-refractivity contribution in [2.24, 2.45) is 0 Å². The third kappa shape index (κ3) is 2.29. The molecule has 20 heavy (non-hydrogen) atoms. The number of ether oxygens (including phenoxy) is 2. The second kappa shape index (κ2) is 5.09. The maximum absolute atomic E-state index is 11.6. The monoisotopic (exact) mass is 276 g/mol. The lowest BCUT2D eigenvalue weighted by Gasteiger charge is -2.20. The molecule has 1 atom stereocenters. The van der Waals surface area contributed by atoms with E-state index in [-0.39, 0.29) is 6.10 Å². The van der Waals surface area contributed by atoms with Crippen LogP contribution in [0.15, 0.2) is 18.2 Å². The SMILES string of the molecule is CCc1ccc(O[C@H]2CCOC2)c(C2(C(=O)O)CC2)c1. The number of carboxylic acids is 1. The van der Waals surface area contributed by atoms with Crippen molar-refractivity contribution >= 4 is 5.97 Å². The molecule has 1 aliphatic heterocycles. The summed E-state index contributed by atoms with van der Waals surface area (Å²) < 4.78 is 11.3. The molecule has 0 bridgehead atoms. The molecule has 1 aliphatic carbocycles. The Kier molecular flexibility index (Phi) is 3.42. The summed E-state index contributed by atoms with van der Waals surface area (Å²) in [5, 5.41) is 9.53. The third-order valence-corrected chi connectivity index (χ3v) is 4.31. The van der Waals surface area contributed by atoms with Gasteiger partial charge in [-0.1, -0.05) is 19.1 Å². The molecule has 108 valence electrons. The van der Waals surface area contributed by atoms with E-state index in [0.29, 0.717) is 19.4 Å². The molecule has 2 aliphatic rings. The minimum atomic E-state index is -0.738. The highest BCUT2D eigenvalue weighted by Gasteiger charge is 2.53. The maximum atomic E-state index is 11.6. The summed E-state index contributed by atoms with van der Waals surface area (Å²) in [4.78, 5) is 11.6. The average Bonchev–Trinajstić information content (AvgIpc) is 3.11. The molecular weight excluding hydrogens is 256 g/mol. The molecule has 4 nitrogen and oxygen atoms in total. The highest BCUT2D eigenvalue weighted by atomic mass is 16.5. The molecule has 1 heterocycles. The van der Waals surface area contributed by atoms with Crippen LogP contribution < -0.4 is 4.74 Å². The molecule has 1 aromatic rings. The summed E-state index contributed by atoms with van der Waals surface area (Å²) in [6.45, 7) is 3.39. The van der Waals surface area contributed by atoms with Crippen molar-refractivity contribution in [3.63, 3.8) is 0 Å². The van der Waals surface area contributed by atoms with E-state index >= 15 is 0 Å². The van der Waals surface area contributed by atoms with Gasteiger partial charge in [0.05, 0.1) is 18.6 Å². The van der Waals surface area contributed by atoms with Gasteiger partial charge in [-0.3, -0.25) is 4.79 Å².